The highest BCUT2D eigenvalue weighted by molar-refractivity contribution is 5.96. The predicted molar refractivity (Wildman–Crippen MR) is 143 cm³/mol. The SMILES string of the molecule is CC[C@H](C)CN(CC(=O)N1CCCN(c2ccc(-c3ccccc3)nn2)CC1)C(=O)c1cccc(F)c1. The standard InChI is InChI=1S/C29H34FN5O2/c1-3-22(2)20-35(29(37)24-11-7-12-25(30)19-24)21-28(36)34-16-8-15-33(17-18-34)27-14-13-26(31-32-27)23-9-5-4-6-10-23/h4-7,9-14,19,22H,3,8,15-18,20-21H2,1-2H3/t22-/m0/s1. The number of benzene rings is 2. The fraction of sp³-hybridized carbons (Fsp3) is 0.379. The summed E-state index contributed by atoms with van der Waals surface area (Å²) in [5, 5.41) is 8.83. The summed E-state index contributed by atoms with van der Waals surface area (Å²) in [7, 11) is 0. The van der Waals surface area contributed by atoms with Gasteiger partial charge in [0.05, 0.1) is 5.69 Å². The number of halogens is 1. The number of carbonyl (C=O) groups is 2. The third-order valence-electron chi connectivity index (χ3n) is 6.81. The van der Waals surface area contributed by atoms with E-state index in [-0.39, 0.29) is 29.8 Å². The molecule has 0 bridgehead atoms. The molecule has 8 heteroatoms. The summed E-state index contributed by atoms with van der Waals surface area (Å²) in [6, 6.07) is 19.5. The molecule has 1 fully saturated rings. The number of hydrogen-bond donors (Lipinski definition) is 0. The van der Waals surface area contributed by atoms with Crippen LogP contribution < -0.4 is 4.90 Å². The average molecular weight is 504 g/mol. The summed E-state index contributed by atoms with van der Waals surface area (Å²) in [6.07, 6.45) is 1.67. The summed E-state index contributed by atoms with van der Waals surface area (Å²) >= 11 is 0. The molecule has 3 aromatic rings. The van der Waals surface area contributed by atoms with Crippen molar-refractivity contribution in [2.75, 3.05) is 44.2 Å². The molecule has 194 valence electrons. The second-order valence-corrected chi connectivity index (χ2v) is 9.57. The van der Waals surface area contributed by atoms with Crippen LogP contribution in [0.25, 0.3) is 11.3 Å². The van der Waals surface area contributed by atoms with Crippen molar-refractivity contribution in [1.82, 2.24) is 20.0 Å². The molecule has 37 heavy (non-hydrogen) atoms. The Labute approximate surface area is 217 Å². The molecule has 2 aromatic carbocycles. The molecule has 1 aromatic heterocycles. The third kappa shape index (κ3) is 6.90. The van der Waals surface area contributed by atoms with Gasteiger partial charge in [-0.05, 0) is 42.7 Å². The summed E-state index contributed by atoms with van der Waals surface area (Å²) < 4.78 is 13.7. The molecule has 7 nitrogen and oxygen atoms in total. The molecule has 1 aliphatic rings. The maximum atomic E-state index is 13.7. The van der Waals surface area contributed by atoms with Crippen LogP contribution in [0.3, 0.4) is 0 Å². The maximum Gasteiger partial charge on any atom is 0.254 e. The first kappa shape index (κ1) is 26.3. The van der Waals surface area contributed by atoms with Crippen molar-refractivity contribution in [1.29, 1.82) is 0 Å². The van der Waals surface area contributed by atoms with Gasteiger partial charge in [0.25, 0.3) is 5.91 Å². The molecule has 0 N–H and O–H groups in total. The molecule has 0 radical (unpaired) electrons. The molecule has 0 saturated carbocycles. The number of amides is 2. The Morgan fingerprint density at radius 3 is 2.49 bits per heavy atom. The van der Waals surface area contributed by atoms with Crippen molar-refractivity contribution in [3.8, 4) is 11.3 Å². The highest BCUT2D eigenvalue weighted by Gasteiger charge is 2.26. The molecule has 0 unspecified atom stereocenters. The lowest BCUT2D eigenvalue weighted by Gasteiger charge is -2.29. The average Bonchev–Trinajstić information content (AvgIpc) is 3.19. The highest BCUT2D eigenvalue weighted by atomic mass is 19.1. The molecule has 2 heterocycles. The molecular weight excluding hydrogens is 469 g/mol. The van der Waals surface area contributed by atoms with Gasteiger partial charge in [-0.25, -0.2) is 4.39 Å². The van der Waals surface area contributed by atoms with E-state index in [1.54, 1.807) is 11.0 Å². The Morgan fingerprint density at radius 1 is 0.973 bits per heavy atom. The largest absolute Gasteiger partial charge is 0.353 e. The van der Waals surface area contributed by atoms with Crippen LogP contribution >= 0.6 is 0 Å². The number of nitrogens with zero attached hydrogens (tertiary/aromatic N) is 5. The van der Waals surface area contributed by atoms with Crippen LogP contribution in [0.15, 0.2) is 66.7 Å². The first-order valence-electron chi connectivity index (χ1n) is 12.9. The first-order valence-corrected chi connectivity index (χ1v) is 12.9. The van der Waals surface area contributed by atoms with Crippen molar-refractivity contribution >= 4 is 17.6 Å². The second-order valence-electron chi connectivity index (χ2n) is 9.57. The lowest BCUT2D eigenvalue weighted by atomic mass is 10.1. The van der Waals surface area contributed by atoms with Gasteiger partial charge in [0.15, 0.2) is 5.82 Å². The third-order valence-corrected chi connectivity index (χ3v) is 6.81. The lowest BCUT2D eigenvalue weighted by Crippen LogP contribution is -2.45. The number of hydrogen-bond acceptors (Lipinski definition) is 5. The van der Waals surface area contributed by atoms with E-state index in [4.69, 9.17) is 0 Å². The molecule has 1 saturated heterocycles. The minimum absolute atomic E-state index is 0.0226. The number of carbonyl (C=O) groups excluding carboxylic acids is 2. The quantitative estimate of drug-likeness (QED) is 0.452. The molecule has 0 spiro atoms. The fourth-order valence-corrected chi connectivity index (χ4v) is 4.44. The van der Waals surface area contributed by atoms with Gasteiger partial charge >= 0.3 is 0 Å². The molecule has 2 amide bonds. The van der Waals surface area contributed by atoms with E-state index in [9.17, 15) is 14.0 Å². The van der Waals surface area contributed by atoms with E-state index < -0.39 is 5.82 Å². The van der Waals surface area contributed by atoms with Gasteiger partial charge in [0.1, 0.15) is 12.4 Å². The van der Waals surface area contributed by atoms with Crippen molar-refractivity contribution in [2.24, 2.45) is 5.92 Å². The molecule has 4 rings (SSSR count). The minimum atomic E-state index is -0.465. The monoisotopic (exact) mass is 503 g/mol. The van der Waals surface area contributed by atoms with Crippen LogP contribution in [0.4, 0.5) is 10.2 Å². The zero-order chi connectivity index (χ0) is 26.2. The molecule has 1 aliphatic heterocycles. The number of aromatic nitrogens is 2. The highest BCUT2D eigenvalue weighted by Crippen LogP contribution is 2.19. The fourth-order valence-electron chi connectivity index (χ4n) is 4.44. The normalized spacial score (nSPS) is 14.7. The van der Waals surface area contributed by atoms with E-state index in [2.05, 4.69) is 22.0 Å². The first-order chi connectivity index (χ1) is 17.9. The van der Waals surface area contributed by atoms with Crippen molar-refractivity contribution < 1.29 is 14.0 Å². The van der Waals surface area contributed by atoms with Gasteiger partial charge < -0.3 is 14.7 Å². The van der Waals surface area contributed by atoms with Gasteiger partial charge in [0.2, 0.25) is 5.91 Å². The topological polar surface area (TPSA) is 69.6 Å². The van der Waals surface area contributed by atoms with E-state index >= 15 is 0 Å². The van der Waals surface area contributed by atoms with Gasteiger partial charge in [-0.2, -0.15) is 0 Å². The van der Waals surface area contributed by atoms with Crippen molar-refractivity contribution in [2.45, 2.75) is 26.7 Å². The Balaban J connectivity index is 1.39. The van der Waals surface area contributed by atoms with Gasteiger partial charge in [-0.15, -0.1) is 10.2 Å². The lowest BCUT2D eigenvalue weighted by molar-refractivity contribution is -0.131. The number of anilines is 1. The second kappa shape index (κ2) is 12.4. The van der Waals surface area contributed by atoms with E-state index in [0.29, 0.717) is 26.2 Å². The van der Waals surface area contributed by atoms with Crippen LogP contribution in [-0.4, -0.2) is 71.1 Å². The smallest absolute Gasteiger partial charge is 0.254 e. The Morgan fingerprint density at radius 2 is 1.78 bits per heavy atom. The summed E-state index contributed by atoms with van der Waals surface area (Å²) in [6.45, 7) is 7.06. The molecular formula is C29H34FN5O2. The Kier molecular flexibility index (Phi) is 8.82. The molecule has 1 atom stereocenters. The van der Waals surface area contributed by atoms with E-state index in [1.807, 2.05) is 54.3 Å². The van der Waals surface area contributed by atoms with Gasteiger partial charge in [0, 0.05) is 43.9 Å². The minimum Gasteiger partial charge on any atom is -0.353 e. The predicted octanol–water partition coefficient (Wildman–Crippen LogP) is 4.51. The number of rotatable bonds is 8. The van der Waals surface area contributed by atoms with Crippen LogP contribution in [0.2, 0.25) is 0 Å². The van der Waals surface area contributed by atoms with E-state index in [1.165, 1.54) is 18.2 Å². The van der Waals surface area contributed by atoms with Crippen LogP contribution in [-0.2, 0) is 4.79 Å². The van der Waals surface area contributed by atoms with Crippen LogP contribution in [0, 0.1) is 11.7 Å². The van der Waals surface area contributed by atoms with Crippen molar-refractivity contribution in [3.63, 3.8) is 0 Å². The zero-order valence-corrected chi connectivity index (χ0v) is 21.5. The van der Waals surface area contributed by atoms with Crippen molar-refractivity contribution in [3.05, 3.63) is 78.1 Å². The Bertz CT molecular complexity index is 1190. The zero-order valence-electron chi connectivity index (χ0n) is 21.5. The summed E-state index contributed by atoms with van der Waals surface area (Å²) in [5.41, 5.74) is 2.10. The molecule has 0 aliphatic carbocycles. The van der Waals surface area contributed by atoms with Crippen LogP contribution in [0.5, 0.6) is 0 Å². The Hall–Kier alpha value is -3.81. The van der Waals surface area contributed by atoms with Crippen LogP contribution in [0.1, 0.15) is 37.0 Å². The summed E-state index contributed by atoms with van der Waals surface area (Å²) in [4.78, 5) is 32.0. The summed E-state index contributed by atoms with van der Waals surface area (Å²) in [5.74, 6) is 0.128. The van der Waals surface area contributed by atoms with Gasteiger partial charge in [-0.1, -0.05) is 56.7 Å². The van der Waals surface area contributed by atoms with E-state index in [0.717, 1.165) is 36.5 Å². The van der Waals surface area contributed by atoms with Gasteiger partial charge in [-0.3, -0.25) is 9.59 Å². The maximum absolute atomic E-state index is 13.7.